The first-order valence-electron chi connectivity index (χ1n) is 6.55. The van der Waals surface area contributed by atoms with Crippen molar-refractivity contribution in [2.45, 2.75) is 26.7 Å². The van der Waals surface area contributed by atoms with Gasteiger partial charge in [-0.05, 0) is 30.2 Å². The molecule has 0 unspecified atom stereocenters. The van der Waals surface area contributed by atoms with Crippen molar-refractivity contribution in [3.05, 3.63) is 23.9 Å². The largest absolute Gasteiger partial charge is 0.481 e. The van der Waals surface area contributed by atoms with Gasteiger partial charge in [0.25, 0.3) is 0 Å². The molecule has 1 aliphatic carbocycles. The van der Waals surface area contributed by atoms with Gasteiger partial charge in [-0.3, -0.25) is 0 Å². The van der Waals surface area contributed by atoms with Crippen LogP contribution in [0.15, 0.2) is 18.3 Å². The lowest BCUT2D eigenvalue weighted by atomic mass is 9.64. The van der Waals surface area contributed by atoms with E-state index in [0.29, 0.717) is 17.2 Å². The number of methoxy groups -OCH3 is 1. The number of nitrogens with one attached hydrogen (secondary N) is 1. The van der Waals surface area contributed by atoms with E-state index in [-0.39, 0.29) is 0 Å². The van der Waals surface area contributed by atoms with Crippen molar-refractivity contribution in [1.29, 1.82) is 0 Å². The molecule has 1 aromatic heterocycles. The summed E-state index contributed by atoms with van der Waals surface area (Å²) in [6, 6.07) is 2.07. The second kappa shape index (κ2) is 5.87. The summed E-state index contributed by atoms with van der Waals surface area (Å²) < 4.78 is 8.50. The number of aromatic nitrogens is 1. The lowest BCUT2D eigenvalue weighted by Gasteiger charge is -2.41. The zero-order valence-electron chi connectivity index (χ0n) is 12.1. The van der Waals surface area contributed by atoms with Gasteiger partial charge >= 0.3 is 0 Å². The fourth-order valence-electron chi connectivity index (χ4n) is 2.67. The fourth-order valence-corrected chi connectivity index (χ4v) is 3.02. The Bertz CT molecular complexity index is 463. The second-order valence-corrected chi connectivity index (χ2v) is 6.43. The third-order valence-corrected chi connectivity index (χ3v) is 3.91. The van der Waals surface area contributed by atoms with E-state index in [1.54, 1.807) is 25.3 Å². The van der Waals surface area contributed by atoms with Crippen molar-refractivity contribution in [2.75, 3.05) is 18.1 Å². The van der Waals surface area contributed by atoms with E-state index in [1.807, 2.05) is 6.26 Å². The minimum atomic E-state index is 0.513. The monoisotopic (exact) mass is 278 g/mol. The molecule has 2 rings (SSSR count). The van der Waals surface area contributed by atoms with Crippen LogP contribution in [0.5, 0.6) is 5.88 Å². The maximum absolute atomic E-state index is 5.31. The average molecular weight is 278 g/mol. The van der Waals surface area contributed by atoms with Crippen LogP contribution < -0.4 is 9.46 Å². The van der Waals surface area contributed by atoms with Gasteiger partial charge in [-0.1, -0.05) is 37.9 Å². The molecule has 1 N–H and O–H groups in total. The smallest absolute Gasteiger partial charge is 0.220 e. The molecule has 0 aliphatic heterocycles. The standard InChI is InChI=1S/C15H22N2OS/c1-15(2)8-11(9-15)5-6-12-7-13(17-19-4)10-16-14(12)18-3/h5-7,10-11,17H,8-9H2,1-4H3/b6-5+. The van der Waals surface area contributed by atoms with Crippen LogP contribution in [0.1, 0.15) is 32.3 Å². The third-order valence-electron chi connectivity index (χ3n) is 3.47. The summed E-state index contributed by atoms with van der Waals surface area (Å²) in [4.78, 5) is 4.32. The Morgan fingerprint density at radius 2 is 2.21 bits per heavy atom. The molecule has 1 fully saturated rings. The Hall–Kier alpha value is -1.16. The van der Waals surface area contributed by atoms with Gasteiger partial charge < -0.3 is 9.46 Å². The molecule has 19 heavy (non-hydrogen) atoms. The lowest BCUT2D eigenvalue weighted by Crippen LogP contribution is -2.29. The summed E-state index contributed by atoms with van der Waals surface area (Å²) in [5.41, 5.74) is 2.55. The molecule has 0 spiro atoms. The number of ether oxygens (including phenoxy) is 1. The number of hydrogen-bond acceptors (Lipinski definition) is 4. The first-order valence-corrected chi connectivity index (χ1v) is 7.78. The van der Waals surface area contributed by atoms with Gasteiger partial charge in [0.05, 0.1) is 19.0 Å². The number of nitrogens with zero attached hydrogens (tertiary/aromatic N) is 1. The SMILES string of the molecule is COc1ncc(NSC)cc1/C=C/C1CC(C)(C)C1. The topological polar surface area (TPSA) is 34.1 Å². The van der Waals surface area contributed by atoms with Crippen LogP contribution in [-0.4, -0.2) is 18.3 Å². The summed E-state index contributed by atoms with van der Waals surface area (Å²) in [5, 5.41) is 0. The Balaban J connectivity index is 2.09. The minimum Gasteiger partial charge on any atom is -0.481 e. The van der Waals surface area contributed by atoms with E-state index < -0.39 is 0 Å². The molecule has 1 aromatic rings. The summed E-state index contributed by atoms with van der Waals surface area (Å²) in [5.74, 6) is 1.37. The highest BCUT2D eigenvalue weighted by Crippen LogP contribution is 2.45. The van der Waals surface area contributed by atoms with E-state index in [4.69, 9.17) is 4.74 Å². The molecule has 0 amide bonds. The molecular formula is C15H22N2OS. The van der Waals surface area contributed by atoms with Crippen LogP contribution >= 0.6 is 11.9 Å². The maximum atomic E-state index is 5.31. The van der Waals surface area contributed by atoms with Crippen LogP contribution in [0.4, 0.5) is 5.69 Å². The zero-order valence-corrected chi connectivity index (χ0v) is 12.9. The average Bonchev–Trinajstić information content (AvgIpc) is 2.34. The highest BCUT2D eigenvalue weighted by atomic mass is 32.2. The lowest BCUT2D eigenvalue weighted by molar-refractivity contribution is 0.132. The quantitative estimate of drug-likeness (QED) is 0.817. The van der Waals surface area contributed by atoms with Crippen molar-refractivity contribution >= 4 is 23.7 Å². The van der Waals surface area contributed by atoms with E-state index in [1.165, 1.54) is 12.8 Å². The predicted molar refractivity (Wildman–Crippen MR) is 83.5 cm³/mol. The highest BCUT2D eigenvalue weighted by molar-refractivity contribution is 7.99. The Labute approximate surface area is 120 Å². The fraction of sp³-hybridized carbons (Fsp3) is 0.533. The molecule has 1 aliphatic rings. The van der Waals surface area contributed by atoms with Crippen molar-refractivity contribution in [3.8, 4) is 5.88 Å². The summed E-state index contributed by atoms with van der Waals surface area (Å²) in [6.07, 6.45) is 10.7. The van der Waals surface area contributed by atoms with Gasteiger partial charge in [-0.2, -0.15) is 0 Å². The van der Waals surface area contributed by atoms with Crippen LogP contribution in [0.25, 0.3) is 6.08 Å². The van der Waals surface area contributed by atoms with E-state index in [0.717, 1.165) is 11.3 Å². The Morgan fingerprint density at radius 3 is 2.79 bits per heavy atom. The van der Waals surface area contributed by atoms with Gasteiger partial charge in [0, 0.05) is 11.8 Å². The summed E-state index contributed by atoms with van der Waals surface area (Å²) >= 11 is 1.56. The Morgan fingerprint density at radius 1 is 1.47 bits per heavy atom. The number of hydrogen-bond donors (Lipinski definition) is 1. The number of anilines is 1. The van der Waals surface area contributed by atoms with Crippen molar-refractivity contribution in [1.82, 2.24) is 4.98 Å². The molecule has 0 atom stereocenters. The molecule has 1 heterocycles. The van der Waals surface area contributed by atoms with Gasteiger partial charge in [-0.25, -0.2) is 4.98 Å². The normalized spacial score (nSPS) is 18.3. The van der Waals surface area contributed by atoms with Gasteiger partial charge in [-0.15, -0.1) is 0 Å². The first-order chi connectivity index (χ1) is 9.04. The van der Waals surface area contributed by atoms with Crippen LogP contribution in [0.2, 0.25) is 0 Å². The van der Waals surface area contributed by atoms with Gasteiger partial charge in [0.15, 0.2) is 0 Å². The Kier molecular flexibility index (Phi) is 4.40. The van der Waals surface area contributed by atoms with Crippen LogP contribution in [0.3, 0.4) is 0 Å². The molecule has 104 valence electrons. The summed E-state index contributed by atoms with van der Waals surface area (Å²) in [7, 11) is 1.66. The maximum Gasteiger partial charge on any atom is 0.220 e. The van der Waals surface area contributed by atoms with Gasteiger partial charge in [0.1, 0.15) is 0 Å². The molecule has 0 aromatic carbocycles. The van der Waals surface area contributed by atoms with E-state index in [2.05, 4.69) is 41.8 Å². The molecule has 0 bridgehead atoms. The highest BCUT2D eigenvalue weighted by Gasteiger charge is 2.34. The number of allylic oxidation sites excluding steroid dienone is 1. The molecule has 0 radical (unpaired) electrons. The molecule has 4 heteroatoms. The first kappa shape index (κ1) is 14.3. The molecular weight excluding hydrogens is 256 g/mol. The van der Waals surface area contributed by atoms with Crippen LogP contribution in [-0.2, 0) is 0 Å². The molecule has 1 saturated carbocycles. The van der Waals surface area contributed by atoms with Crippen molar-refractivity contribution < 1.29 is 4.74 Å². The van der Waals surface area contributed by atoms with Crippen LogP contribution in [0, 0.1) is 11.3 Å². The minimum absolute atomic E-state index is 0.513. The zero-order chi connectivity index (χ0) is 13.9. The molecule has 0 saturated heterocycles. The van der Waals surface area contributed by atoms with Crippen molar-refractivity contribution in [3.63, 3.8) is 0 Å². The summed E-state index contributed by atoms with van der Waals surface area (Å²) in [6.45, 7) is 4.64. The third kappa shape index (κ3) is 3.66. The van der Waals surface area contributed by atoms with Gasteiger partial charge in [0.2, 0.25) is 5.88 Å². The molecule has 3 nitrogen and oxygen atoms in total. The second-order valence-electron chi connectivity index (χ2n) is 5.82. The number of pyridine rings is 1. The number of rotatable bonds is 5. The van der Waals surface area contributed by atoms with E-state index in [9.17, 15) is 0 Å². The van der Waals surface area contributed by atoms with Crippen molar-refractivity contribution in [2.24, 2.45) is 11.3 Å². The predicted octanol–water partition coefficient (Wildman–Crippen LogP) is 4.23. The van der Waals surface area contributed by atoms with E-state index >= 15 is 0 Å².